The highest BCUT2D eigenvalue weighted by Gasteiger charge is 2.21. The second kappa shape index (κ2) is 3.36. The second-order valence-corrected chi connectivity index (χ2v) is 4.82. The van der Waals surface area contributed by atoms with Crippen LogP contribution >= 0.6 is 11.1 Å². The molecule has 1 aromatic rings. The fourth-order valence-corrected chi connectivity index (χ4v) is 3.14. The summed E-state index contributed by atoms with van der Waals surface area (Å²) in [5.74, 6) is 5.55. The average Bonchev–Trinajstić information content (AvgIpc) is 2.56. The van der Waals surface area contributed by atoms with E-state index in [9.17, 15) is 4.79 Å². The van der Waals surface area contributed by atoms with Crippen LogP contribution in [0.4, 0.5) is 0 Å². The lowest BCUT2D eigenvalue weighted by Crippen LogP contribution is -2.24. The first kappa shape index (κ1) is 9.11. The Kier molecular flexibility index (Phi) is 2.18. The largest absolute Gasteiger partial charge is 0.398 e. The molecule has 1 aromatic carbocycles. The molecule has 1 amide bonds. The summed E-state index contributed by atoms with van der Waals surface area (Å²) in [6, 6.07) is 7.71. The van der Waals surface area contributed by atoms with Crippen LogP contribution in [-0.4, -0.2) is 10.8 Å². The molecule has 0 aromatic heterocycles. The zero-order chi connectivity index (χ0) is 10.1. The van der Waals surface area contributed by atoms with Crippen LogP contribution in [0.15, 0.2) is 34.6 Å². The van der Waals surface area contributed by atoms with Crippen molar-refractivity contribution in [3.63, 3.8) is 0 Å². The highest BCUT2D eigenvalue weighted by molar-refractivity contribution is 8.18. The summed E-state index contributed by atoms with van der Waals surface area (Å²) < 4.78 is 1.17. The topological polar surface area (TPSA) is 72.3 Å². The first-order valence-corrected chi connectivity index (χ1v) is 5.45. The summed E-state index contributed by atoms with van der Waals surface area (Å²) in [7, 11) is 0. The average molecular weight is 209 g/mol. The van der Waals surface area contributed by atoms with Crippen molar-refractivity contribution >= 4 is 23.2 Å². The lowest BCUT2D eigenvalue weighted by molar-refractivity contribution is -0.113. The maximum atomic E-state index is 10.6. The van der Waals surface area contributed by atoms with E-state index in [2.05, 4.69) is 0 Å². The quantitative estimate of drug-likeness (QED) is 0.219. The molecule has 1 heterocycles. The lowest BCUT2D eigenvalue weighted by Gasteiger charge is -2.22. The molecule has 1 unspecified atom stereocenters. The maximum absolute atomic E-state index is 10.6. The van der Waals surface area contributed by atoms with Gasteiger partial charge in [-0.1, -0.05) is 18.2 Å². The number of nitrogens with two attached hydrogens (primary N) is 2. The van der Waals surface area contributed by atoms with Crippen LogP contribution in [0.3, 0.4) is 0 Å². The van der Waals surface area contributed by atoms with Gasteiger partial charge in [-0.15, -0.1) is 11.1 Å². The molecule has 0 saturated carbocycles. The Morgan fingerprint density at radius 1 is 1.36 bits per heavy atom. The van der Waals surface area contributed by atoms with Gasteiger partial charge < -0.3 is 5.73 Å². The smallest absolute Gasteiger partial charge is 0.232 e. The molecule has 0 radical (unpaired) electrons. The number of fused-ring (bicyclic) bond motifs is 1. The lowest BCUT2D eigenvalue weighted by atomic mass is 10.2. The molecule has 0 bridgehead atoms. The summed E-state index contributed by atoms with van der Waals surface area (Å²) in [4.78, 5) is 11.6. The van der Waals surface area contributed by atoms with Gasteiger partial charge in [0.25, 0.3) is 0 Å². The third kappa shape index (κ3) is 1.26. The number of hydrazine groups is 1. The van der Waals surface area contributed by atoms with Crippen LogP contribution in [-0.2, 0) is 4.79 Å². The standard InChI is InChI=1S/C9H11N3OS/c10-8-5-14(12(11)6-13)9-4-2-1-3-7(8)9/h1-6,14H,10-11H2. The molecule has 4 N–H and O–H groups in total. The van der Waals surface area contributed by atoms with E-state index in [1.807, 2.05) is 29.7 Å². The van der Waals surface area contributed by atoms with E-state index in [4.69, 9.17) is 11.6 Å². The van der Waals surface area contributed by atoms with E-state index < -0.39 is 11.1 Å². The first-order chi connectivity index (χ1) is 6.74. The second-order valence-electron chi connectivity index (χ2n) is 2.93. The minimum atomic E-state index is -0.906. The zero-order valence-electron chi connectivity index (χ0n) is 7.42. The number of thiol groups is 1. The molecular weight excluding hydrogens is 198 g/mol. The van der Waals surface area contributed by atoms with Crippen molar-refractivity contribution in [1.82, 2.24) is 4.41 Å². The molecule has 5 heteroatoms. The molecule has 0 saturated heterocycles. The number of rotatable bonds is 2. The molecule has 0 spiro atoms. The third-order valence-electron chi connectivity index (χ3n) is 2.08. The van der Waals surface area contributed by atoms with Crippen molar-refractivity contribution in [2.45, 2.75) is 4.90 Å². The highest BCUT2D eigenvalue weighted by atomic mass is 32.2. The summed E-state index contributed by atoms with van der Waals surface area (Å²) in [5, 5.41) is 1.84. The van der Waals surface area contributed by atoms with E-state index in [0.717, 1.165) is 10.5 Å². The molecule has 2 rings (SSSR count). The van der Waals surface area contributed by atoms with Crippen LogP contribution in [0.5, 0.6) is 0 Å². The predicted molar refractivity (Wildman–Crippen MR) is 57.9 cm³/mol. The van der Waals surface area contributed by atoms with E-state index in [-0.39, 0.29) is 0 Å². The molecule has 4 nitrogen and oxygen atoms in total. The molecular formula is C9H11N3OS. The molecule has 14 heavy (non-hydrogen) atoms. The van der Waals surface area contributed by atoms with Crippen LogP contribution in [0.1, 0.15) is 5.56 Å². The van der Waals surface area contributed by atoms with Gasteiger partial charge in [0.15, 0.2) is 0 Å². The van der Waals surface area contributed by atoms with Crippen LogP contribution in [0.25, 0.3) is 5.70 Å². The number of carbonyl (C=O) groups excluding carboxylic acids is 1. The Morgan fingerprint density at radius 3 is 2.79 bits per heavy atom. The van der Waals surface area contributed by atoms with E-state index in [0.29, 0.717) is 12.1 Å². The Balaban J connectivity index is 2.46. The minimum Gasteiger partial charge on any atom is -0.398 e. The van der Waals surface area contributed by atoms with Crippen LogP contribution < -0.4 is 11.6 Å². The Bertz CT molecular complexity index is 405. The molecule has 1 atom stereocenters. The number of benzene rings is 1. The summed E-state index contributed by atoms with van der Waals surface area (Å²) in [6.07, 6.45) is 0.623. The Hall–Kier alpha value is -1.46. The number of amides is 1. The summed E-state index contributed by atoms with van der Waals surface area (Å²) >= 11 is -0.906. The maximum Gasteiger partial charge on any atom is 0.232 e. The predicted octanol–water partition coefficient (Wildman–Crippen LogP) is 0.565. The van der Waals surface area contributed by atoms with Crippen LogP contribution in [0.2, 0.25) is 0 Å². The van der Waals surface area contributed by atoms with Crippen molar-refractivity contribution in [3.05, 3.63) is 35.2 Å². The molecule has 0 fully saturated rings. The zero-order valence-corrected chi connectivity index (χ0v) is 8.32. The van der Waals surface area contributed by atoms with Gasteiger partial charge >= 0.3 is 0 Å². The fourth-order valence-electron chi connectivity index (χ4n) is 1.43. The van der Waals surface area contributed by atoms with Gasteiger partial charge in [0, 0.05) is 16.2 Å². The van der Waals surface area contributed by atoms with E-state index >= 15 is 0 Å². The Labute approximate surface area is 84.6 Å². The number of nitrogens with zero attached hydrogens (tertiary/aromatic N) is 1. The fraction of sp³-hybridized carbons (Fsp3) is 0. The van der Waals surface area contributed by atoms with Gasteiger partial charge in [-0.3, -0.25) is 4.79 Å². The number of hydrogen-bond acceptors (Lipinski definition) is 3. The van der Waals surface area contributed by atoms with Crippen molar-refractivity contribution < 1.29 is 4.79 Å². The van der Waals surface area contributed by atoms with Gasteiger partial charge in [0.05, 0.1) is 0 Å². The number of carbonyl (C=O) groups is 1. The van der Waals surface area contributed by atoms with Crippen molar-refractivity contribution in [1.29, 1.82) is 0 Å². The van der Waals surface area contributed by atoms with Gasteiger partial charge in [0.2, 0.25) is 6.41 Å². The van der Waals surface area contributed by atoms with Crippen molar-refractivity contribution in [2.24, 2.45) is 11.6 Å². The Morgan fingerprint density at radius 2 is 2.07 bits per heavy atom. The van der Waals surface area contributed by atoms with Crippen molar-refractivity contribution in [2.75, 3.05) is 0 Å². The van der Waals surface area contributed by atoms with E-state index in [1.54, 1.807) is 0 Å². The molecule has 1 aliphatic rings. The highest BCUT2D eigenvalue weighted by Crippen LogP contribution is 2.48. The van der Waals surface area contributed by atoms with Crippen LogP contribution in [0, 0.1) is 0 Å². The van der Waals surface area contributed by atoms with Gasteiger partial charge in [-0.05, 0) is 11.5 Å². The monoisotopic (exact) mass is 209 g/mol. The van der Waals surface area contributed by atoms with Gasteiger partial charge in [-0.25, -0.2) is 10.3 Å². The third-order valence-corrected chi connectivity index (χ3v) is 4.08. The SMILES string of the molecule is NC1=C[SH](N(N)C=O)c2ccccc21. The van der Waals surface area contributed by atoms with Gasteiger partial charge in [-0.2, -0.15) is 0 Å². The summed E-state index contributed by atoms with van der Waals surface area (Å²) in [6.45, 7) is 0. The first-order valence-electron chi connectivity index (χ1n) is 4.09. The normalized spacial score (nSPS) is 21.2. The molecule has 0 aliphatic carbocycles. The molecule has 74 valence electrons. The number of hydrogen-bond donors (Lipinski definition) is 3. The molecule has 1 aliphatic heterocycles. The summed E-state index contributed by atoms with van der Waals surface area (Å²) in [5.41, 5.74) is 7.49. The van der Waals surface area contributed by atoms with E-state index in [1.165, 1.54) is 4.41 Å². The minimum absolute atomic E-state index is 0.623. The van der Waals surface area contributed by atoms with Gasteiger partial charge in [0.1, 0.15) is 0 Å². The van der Waals surface area contributed by atoms with Crippen molar-refractivity contribution in [3.8, 4) is 0 Å².